The van der Waals surface area contributed by atoms with Crippen LogP contribution in [0.15, 0.2) is 41.7 Å². The number of carbonyl (C=O) groups is 1. The number of benzene rings is 1. The normalized spacial score (nSPS) is 22.8. The molecule has 2 fully saturated rings. The number of nitrogens with zero attached hydrogens (tertiary/aromatic N) is 5. The maximum absolute atomic E-state index is 13.2. The Balaban J connectivity index is 1.53. The third-order valence-corrected chi connectivity index (χ3v) is 5.67. The molecule has 1 amide bonds. The van der Waals surface area contributed by atoms with E-state index >= 15 is 0 Å². The van der Waals surface area contributed by atoms with Crippen LogP contribution in [-0.2, 0) is 4.79 Å². The lowest BCUT2D eigenvalue weighted by Gasteiger charge is -2.23. The van der Waals surface area contributed by atoms with Crippen molar-refractivity contribution in [2.24, 2.45) is 16.6 Å². The second-order valence-corrected chi connectivity index (χ2v) is 7.65. The summed E-state index contributed by atoms with van der Waals surface area (Å²) in [7, 11) is 3.78. The van der Waals surface area contributed by atoms with Crippen molar-refractivity contribution in [2.45, 2.75) is 31.3 Å². The molecule has 0 radical (unpaired) electrons. The molecule has 7 nitrogen and oxygen atoms in total. The number of halogens is 1. The van der Waals surface area contributed by atoms with Crippen LogP contribution in [0, 0.1) is 11.7 Å². The van der Waals surface area contributed by atoms with Gasteiger partial charge in [-0.3, -0.25) is 9.79 Å². The first-order valence-corrected chi connectivity index (χ1v) is 9.53. The van der Waals surface area contributed by atoms with Gasteiger partial charge in [0, 0.05) is 50.8 Å². The number of amides is 1. The molecule has 2 N–H and O–H groups in total. The van der Waals surface area contributed by atoms with Crippen molar-refractivity contribution in [2.75, 3.05) is 20.6 Å². The molecule has 1 saturated carbocycles. The number of rotatable bonds is 5. The Morgan fingerprint density at radius 1 is 1.36 bits per heavy atom. The minimum absolute atomic E-state index is 0.0366. The molecule has 8 heteroatoms. The van der Waals surface area contributed by atoms with E-state index in [1.54, 1.807) is 27.9 Å². The van der Waals surface area contributed by atoms with Crippen molar-refractivity contribution in [1.29, 1.82) is 0 Å². The highest BCUT2D eigenvalue weighted by Gasteiger charge is 2.39. The van der Waals surface area contributed by atoms with Gasteiger partial charge in [-0.25, -0.2) is 9.07 Å². The first-order chi connectivity index (χ1) is 13.4. The van der Waals surface area contributed by atoms with E-state index in [0.29, 0.717) is 25.0 Å². The largest absolute Gasteiger partial charge is 0.370 e. The van der Waals surface area contributed by atoms with Gasteiger partial charge in [0.2, 0.25) is 5.91 Å². The molecule has 0 unspecified atom stereocenters. The van der Waals surface area contributed by atoms with Crippen molar-refractivity contribution in [1.82, 2.24) is 19.6 Å². The molecule has 0 spiro atoms. The molecule has 1 aliphatic heterocycles. The monoisotopic (exact) mass is 384 g/mol. The Kier molecular flexibility index (Phi) is 4.78. The van der Waals surface area contributed by atoms with Crippen molar-refractivity contribution in [3.8, 4) is 5.69 Å². The van der Waals surface area contributed by atoms with Gasteiger partial charge in [0.25, 0.3) is 0 Å². The summed E-state index contributed by atoms with van der Waals surface area (Å²) in [6.45, 7) is 0.491. The zero-order chi connectivity index (χ0) is 19.8. The lowest BCUT2D eigenvalue weighted by atomic mass is 9.96. The second kappa shape index (κ2) is 7.26. The first kappa shape index (κ1) is 18.5. The van der Waals surface area contributed by atoms with Gasteiger partial charge in [0.15, 0.2) is 5.96 Å². The summed E-state index contributed by atoms with van der Waals surface area (Å²) >= 11 is 0. The van der Waals surface area contributed by atoms with Crippen LogP contribution in [0.4, 0.5) is 4.39 Å². The highest BCUT2D eigenvalue weighted by atomic mass is 19.1. The van der Waals surface area contributed by atoms with E-state index in [2.05, 4.69) is 10.1 Å². The smallest absolute Gasteiger partial charge is 0.223 e. The summed E-state index contributed by atoms with van der Waals surface area (Å²) in [6.07, 6.45) is 6.40. The minimum atomic E-state index is -0.288. The standard InChI is InChI=1S/C20H25FN6O/c1-25(16-7-8-16)20(22)23-10-13-9-18(28)26(2)19(13)14-11-24-27(12-14)17-5-3-15(21)4-6-17/h3-6,11-13,16,19H,7-10H2,1-2H3,(H2,22,23)/t13-,19+/m0/s1. The van der Waals surface area contributed by atoms with E-state index in [1.165, 1.54) is 12.1 Å². The fraction of sp³-hybridized carbons (Fsp3) is 0.450. The topological polar surface area (TPSA) is 79.8 Å². The van der Waals surface area contributed by atoms with Gasteiger partial charge >= 0.3 is 0 Å². The molecule has 2 heterocycles. The molecular weight excluding hydrogens is 359 g/mol. The predicted molar refractivity (Wildman–Crippen MR) is 104 cm³/mol. The summed E-state index contributed by atoms with van der Waals surface area (Å²) in [6, 6.07) is 6.54. The number of likely N-dealkylation sites (tertiary alicyclic amines) is 1. The van der Waals surface area contributed by atoms with Gasteiger partial charge in [0.1, 0.15) is 5.82 Å². The molecule has 0 bridgehead atoms. The van der Waals surface area contributed by atoms with E-state index in [-0.39, 0.29) is 23.7 Å². The Morgan fingerprint density at radius 3 is 2.75 bits per heavy atom. The predicted octanol–water partition coefficient (Wildman–Crippen LogP) is 1.94. The zero-order valence-corrected chi connectivity index (χ0v) is 16.1. The summed E-state index contributed by atoms with van der Waals surface area (Å²) in [5.41, 5.74) is 7.82. The number of hydrogen-bond acceptors (Lipinski definition) is 3. The maximum atomic E-state index is 13.2. The first-order valence-electron chi connectivity index (χ1n) is 9.53. The van der Waals surface area contributed by atoms with Crippen LogP contribution in [0.5, 0.6) is 0 Å². The zero-order valence-electron chi connectivity index (χ0n) is 16.1. The minimum Gasteiger partial charge on any atom is -0.370 e. The highest BCUT2D eigenvalue weighted by Crippen LogP contribution is 2.37. The molecular formula is C20H25FN6O. The van der Waals surface area contributed by atoms with E-state index in [0.717, 1.165) is 24.1 Å². The lowest BCUT2D eigenvalue weighted by Crippen LogP contribution is -2.36. The van der Waals surface area contributed by atoms with Gasteiger partial charge in [-0.15, -0.1) is 0 Å². The Labute approximate surface area is 163 Å². The van der Waals surface area contributed by atoms with Gasteiger partial charge in [-0.2, -0.15) is 5.10 Å². The number of guanidine groups is 1. The van der Waals surface area contributed by atoms with Crippen molar-refractivity contribution in [3.63, 3.8) is 0 Å². The Bertz CT molecular complexity index is 888. The summed E-state index contributed by atoms with van der Waals surface area (Å²) in [5.74, 6) is 0.373. The third kappa shape index (κ3) is 3.58. The van der Waals surface area contributed by atoms with Gasteiger partial charge < -0.3 is 15.5 Å². The third-order valence-electron chi connectivity index (χ3n) is 5.67. The Hall–Kier alpha value is -2.90. The number of aliphatic imine (C=N–C) groups is 1. The van der Waals surface area contributed by atoms with Gasteiger partial charge in [0.05, 0.1) is 17.9 Å². The van der Waals surface area contributed by atoms with E-state index in [1.807, 2.05) is 25.2 Å². The molecule has 1 saturated heterocycles. The van der Waals surface area contributed by atoms with E-state index in [4.69, 9.17) is 5.73 Å². The maximum Gasteiger partial charge on any atom is 0.223 e. The summed E-state index contributed by atoms with van der Waals surface area (Å²) < 4.78 is 14.9. The number of hydrogen-bond donors (Lipinski definition) is 1. The Morgan fingerprint density at radius 2 is 2.07 bits per heavy atom. The van der Waals surface area contributed by atoms with E-state index < -0.39 is 0 Å². The van der Waals surface area contributed by atoms with Crippen molar-refractivity contribution in [3.05, 3.63) is 48.0 Å². The molecule has 1 aromatic heterocycles. The summed E-state index contributed by atoms with van der Waals surface area (Å²) in [5, 5.41) is 4.40. The quantitative estimate of drug-likeness (QED) is 0.631. The fourth-order valence-corrected chi connectivity index (χ4v) is 3.81. The highest BCUT2D eigenvalue weighted by molar-refractivity contribution is 5.80. The fourth-order valence-electron chi connectivity index (χ4n) is 3.81. The van der Waals surface area contributed by atoms with E-state index in [9.17, 15) is 9.18 Å². The van der Waals surface area contributed by atoms with Crippen molar-refractivity contribution >= 4 is 11.9 Å². The summed E-state index contributed by atoms with van der Waals surface area (Å²) in [4.78, 5) is 20.7. The lowest BCUT2D eigenvalue weighted by molar-refractivity contribution is -0.127. The molecule has 2 atom stereocenters. The molecule has 1 aromatic carbocycles. The van der Waals surface area contributed by atoms with Crippen LogP contribution in [0.2, 0.25) is 0 Å². The molecule has 148 valence electrons. The molecule has 4 rings (SSSR count). The van der Waals surface area contributed by atoms with Gasteiger partial charge in [-0.05, 0) is 37.1 Å². The van der Waals surface area contributed by atoms with Crippen LogP contribution >= 0.6 is 0 Å². The number of nitrogens with two attached hydrogens (primary N) is 1. The van der Waals surface area contributed by atoms with Crippen molar-refractivity contribution < 1.29 is 9.18 Å². The molecule has 2 aromatic rings. The SMILES string of the molecule is CN(C(N)=NC[C@@H]1CC(=O)N(C)[C@H]1c1cnn(-c2ccc(F)cc2)c1)C1CC1. The van der Waals surface area contributed by atoms with Crippen LogP contribution in [-0.4, -0.2) is 58.1 Å². The van der Waals surface area contributed by atoms with Crippen LogP contribution in [0.25, 0.3) is 5.69 Å². The van der Waals surface area contributed by atoms with Crippen LogP contribution in [0.3, 0.4) is 0 Å². The van der Waals surface area contributed by atoms with Gasteiger partial charge in [-0.1, -0.05) is 0 Å². The molecule has 1 aliphatic carbocycles. The molecule has 2 aliphatic rings. The molecule has 28 heavy (non-hydrogen) atoms. The second-order valence-electron chi connectivity index (χ2n) is 7.65. The van der Waals surface area contributed by atoms with Crippen LogP contribution in [0.1, 0.15) is 30.9 Å². The average molecular weight is 384 g/mol. The van der Waals surface area contributed by atoms with Crippen LogP contribution < -0.4 is 5.73 Å². The number of aromatic nitrogens is 2. The number of carbonyl (C=O) groups excluding carboxylic acids is 1. The average Bonchev–Trinajstić information content (AvgIpc) is 3.36.